The monoisotopic (exact) mass is 365 g/mol. The van der Waals surface area contributed by atoms with E-state index in [0.29, 0.717) is 22.5 Å². The summed E-state index contributed by atoms with van der Waals surface area (Å²) in [7, 11) is 0. The van der Waals surface area contributed by atoms with Gasteiger partial charge in [0.05, 0.1) is 17.5 Å². The van der Waals surface area contributed by atoms with Gasteiger partial charge in [0.25, 0.3) is 0 Å². The third kappa shape index (κ3) is 2.07. The predicted octanol–water partition coefficient (Wildman–Crippen LogP) is 4.58. The van der Waals surface area contributed by atoms with Gasteiger partial charge in [-0.25, -0.2) is 4.90 Å². The lowest BCUT2D eigenvalue weighted by Crippen LogP contribution is -2.33. The lowest BCUT2D eigenvalue weighted by Gasteiger charge is -2.28. The van der Waals surface area contributed by atoms with Crippen molar-refractivity contribution in [2.45, 2.75) is 25.7 Å². The molecule has 2 bridgehead atoms. The Balaban J connectivity index is 1.52. The minimum atomic E-state index is -0.176. The van der Waals surface area contributed by atoms with Gasteiger partial charge >= 0.3 is 0 Å². The van der Waals surface area contributed by atoms with Gasteiger partial charge < -0.3 is 0 Å². The van der Waals surface area contributed by atoms with Crippen LogP contribution in [0.5, 0.6) is 0 Å². The van der Waals surface area contributed by atoms with Crippen LogP contribution in [0.4, 0.5) is 5.69 Å². The van der Waals surface area contributed by atoms with Crippen LogP contribution in [0.15, 0.2) is 48.5 Å². The normalized spacial score (nSPS) is 32.4. The molecule has 1 heterocycles. The standard InChI is InChI=1S/C22H20ClNO2/c1-12-17(23)8-5-9-18(12)24-21(25)19-14-10-15(13-6-3-2-4-7-13)16(11-14)20(19)22(24)26/h2-9,14-16,19-20H,10-11H2,1H3. The molecule has 3 fully saturated rings. The Morgan fingerprint density at radius 1 is 0.923 bits per heavy atom. The van der Waals surface area contributed by atoms with Crippen molar-refractivity contribution >= 4 is 29.1 Å². The van der Waals surface area contributed by atoms with E-state index in [0.717, 1.165) is 18.4 Å². The highest BCUT2D eigenvalue weighted by molar-refractivity contribution is 6.32. The van der Waals surface area contributed by atoms with E-state index in [-0.39, 0.29) is 29.6 Å². The summed E-state index contributed by atoms with van der Waals surface area (Å²) >= 11 is 6.23. The molecule has 26 heavy (non-hydrogen) atoms. The predicted molar refractivity (Wildman–Crippen MR) is 101 cm³/mol. The highest BCUT2D eigenvalue weighted by Crippen LogP contribution is 2.62. The number of rotatable bonds is 2. The van der Waals surface area contributed by atoms with Crippen LogP contribution in [-0.4, -0.2) is 11.8 Å². The number of imide groups is 1. The first kappa shape index (κ1) is 16.1. The third-order valence-electron chi connectivity index (χ3n) is 6.72. The number of halogens is 1. The molecular formula is C22H20ClNO2. The Morgan fingerprint density at radius 2 is 1.65 bits per heavy atom. The molecule has 2 aliphatic carbocycles. The Morgan fingerprint density at radius 3 is 2.42 bits per heavy atom. The van der Waals surface area contributed by atoms with Crippen molar-refractivity contribution in [2.24, 2.45) is 23.7 Å². The summed E-state index contributed by atoms with van der Waals surface area (Å²) in [4.78, 5) is 27.9. The van der Waals surface area contributed by atoms with Crippen LogP contribution in [-0.2, 0) is 9.59 Å². The number of anilines is 1. The van der Waals surface area contributed by atoms with Crippen molar-refractivity contribution in [3.63, 3.8) is 0 Å². The van der Waals surface area contributed by atoms with E-state index in [9.17, 15) is 9.59 Å². The van der Waals surface area contributed by atoms with E-state index in [1.54, 1.807) is 12.1 Å². The minimum absolute atomic E-state index is 0.0237. The summed E-state index contributed by atoms with van der Waals surface area (Å²) in [5.41, 5.74) is 2.75. The number of carbonyl (C=O) groups is 2. The van der Waals surface area contributed by atoms with Crippen LogP contribution >= 0.6 is 11.6 Å². The number of fused-ring (bicyclic) bond motifs is 5. The van der Waals surface area contributed by atoms with Crippen LogP contribution in [0, 0.1) is 30.6 Å². The molecule has 0 radical (unpaired) electrons. The van der Waals surface area contributed by atoms with Crippen molar-refractivity contribution < 1.29 is 9.59 Å². The summed E-state index contributed by atoms with van der Waals surface area (Å²) in [5, 5.41) is 0.588. The largest absolute Gasteiger partial charge is 0.274 e. The molecule has 0 aromatic heterocycles. The quantitative estimate of drug-likeness (QED) is 0.730. The highest BCUT2D eigenvalue weighted by Gasteiger charge is 2.64. The van der Waals surface area contributed by atoms with E-state index in [1.807, 2.05) is 19.1 Å². The van der Waals surface area contributed by atoms with Gasteiger partial charge in [0.15, 0.2) is 0 Å². The van der Waals surface area contributed by atoms with Gasteiger partial charge in [0, 0.05) is 5.02 Å². The molecule has 0 spiro atoms. The van der Waals surface area contributed by atoms with Crippen LogP contribution in [0.2, 0.25) is 5.02 Å². The molecule has 1 saturated heterocycles. The van der Waals surface area contributed by atoms with E-state index >= 15 is 0 Å². The Labute approximate surface area is 158 Å². The molecule has 132 valence electrons. The first-order valence-corrected chi connectivity index (χ1v) is 9.63. The Bertz CT molecular complexity index is 910. The number of hydrogen-bond donors (Lipinski definition) is 0. The zero-order valence-electron chi connectivity index (χ0n) is 14.6. The average molecular weight is 366 g/mol. The van der Waals surface area contributed by atoms with Crippen LogP contribution < -0.4 is 4.90 Å². The molecule has 3 aliphatic rings. The van der Waals surface area contributed by atoms with Gasteiger partial charge in [-0.3, -0.25) is 9.59 Å². The van der Waals surface area contributed by atoms with Crippen molar-refractivity contribution in [1.29, 1.82) is 0 Å². The summed E-state index contributed by atoms with van der Waals surface area (Å²) in [6.07, 6.45) is 2.01. The molecule has 5 atom stereocenters. The number of benzene rings is 2. The molecule has 2 aromatic rings. The van der Waals surface area contributed by atoms with Crippen molar-refractivity contribution in [2.75, 3.05) is 4.90 Å². The molecule has 5 unspecified atom stereocenters. The Hall–Kier alpha value is -2.13. The second kappa shape index (κ2) is 5.68. The fourth-order valence-electron chi connectivity index (χ4n) is 5.62. The third-order valence-corrected chi connectivity index (χ3v) is 7.13. The van der Waals surface area contributed by atoms with Gasteiger partial charge in [-0.05, 0) is 60.8 Å². The molecule has 0 N–H and O–H groups in total. The maximum absolute atomic E-state index is 13.3. The maximum Gasteiger partial charge on any atom is 0.238 e. The van der Waals surface area contributed by atoms with Gasteiger partial charge in [0.1, 0.15) is 0 Å². The highest BCUT2D eigenvalue weighted by atomic mass is 35.5. The molecule has 1 aliphatic heterocycles. The van der Waals surface area contributed by atoms with Crippen LogP contribution in [0.1, 0.15) is 29.9 Å². The second-order valence-corrected chi connectivity index (χ2v) is 8.27. The number of carbonyl (C=O) groups excluding carboxylic acids is 2. The summed E-state index contributed by atoms with van der Waals surface area (Å²) in [6.45, 7) is 1.87. The molecular weight excluding hydrogens is 346 g/mol. The van der Waals surface area contributed by atoms with E-state index in [2.05, 4.69) is 24.3 Å². The van der Waals surface area contributed by atoms with E-state index < -0.39 is 0 Å². The van der Waals surface area contributed by atoms with Gasteiger partial charge in [0.2, 0.25) is 11.8 Å². The van der Waals surface area contributed by atoms with Gasteiger partial charge in [-0.2, -0.15) is 0 Å². The van der Waals surface area contributed by atoms with E-state index in [1.165, 1.54) is 10.5 Å². The van der Waals surface area contributed by atoms with E-state index in [4.69, 9.17) is 11.6 Å². The minimum Gasteiger partial charge on any atom is -0.274 e. The SMILES string of the molecule is Cc1c(Cl)cccc1N1C(=O)C2C3CC(c4ccccc4)C(C3)C2C1=O. The summed E-state index contributed by atoms with van der Waals surface area (Å²) in [5.74, 6) is 0.600. The summed E-state index contributed by atoms with van der Waals surface area (Å²) < 4.78 is 0. The molecule has 2 amide bonds. The van der Waals surface area contributed by atoms with Crippen molar-refractivity contribution in [1.82, 2.24) is 0 Å². The molecule has 3 nitrogen and oxygen atoms in total. The van der Waals surface area contributed by atoms with Crippen LogP contribution in [0.3, 0.4) is 0 Å². The van der Waals surface area contributed by atoms with Gasteiger partial charge in [-0.15, -0.1) is 0 Å². The molecule has 4 heteroatoms. The zero-order chi connectivity index (χ0) is 18.0. The number of hydrogen-bond acceptors (Lipinski definition) is 2. The van der Waals surface area contributed by atoms with Crippen molar-refractivity contribution in [3.05, 3.63) is 64.7 Å². The average Bonchev–Trinajstić information content (AvgIpc) is 3.31. The van der Waals surface area contributed by atoms with Crippen LogP contribution in [0.25, 0.3) is 0 Å². The zero-order valence-corrected chi connectivity index (χ0v) is 15.3. The lowest BCUT2D eigenvalue weighted by molar-refractivity contribution is -0.123. The maximum atomic E-state index is 13.3. The fraction of sp³-hybridized carbons (Fsp3) is 0.364. The smallest absolute Gasteiger partial charge is 0.238 e. The molecule has 2 aromatic carbocycles. The first-order chi connectivity index (χ1) is 12.6. The Kier molecular flexibility index (Phi) is 3.51. The molecule has 2 saturated carbocycles. The topological polar surface area (TPSA) is 37.4 Å². The number of amides is 2. The lowest BCUT2D eigenvalue weighted by atomic mass is 9.73. The molecule has 5 rings (SSSR count). The summed E-state index contributed by atoms with van der Waals surface area (Å²) in [6, 6.07) is 15.9. The van der Waals surface area contributed by atoms with Gasteiger partial charge in [-0.1, -0.05) is 48.0 Å². The first-order valence-electron chi connectivity index (χ1n) is 9.26. The fourth-order valence-corrected chi connectivity index (χ4v) is 5.79. The van der Waals surface area contributed by atoms with Crippen molar-refractivity contribution in [3.8, 4) is 0 Å². The second-order valence-electron chi connectivity index (χ2n) is 7.86. The number of nitrogens with zero attached hydrogens (tertiary/aromatic N) is 1.